The van der Waals surface area contributed by atoms with E-state index in [0.29, 0.717) is 41.6 Å². The van der Waals surface area contributed by atoms with Gasteiger partial charge >= 0.3 is 0 Å². The number of hydrogen-bond acceptors (Lipinski definition) is 2. The van der Waals surface area contributed by atoms with Crippen LogP contribution < -0.4 is 0 Å². The van der Waals surface area contributed by atoms with Gasteiger partial charge in [-0.15, -0.1) is 0 Å². The van der Waals surface area contributed by atoms with E-state index in [1.807, 2.05) is 0 Å². The molecule has 0 aromatic heterocycles. The first-order valence-electron chi connectivity index (χ1n) is 13.6. The largest absolute Gasteiger partial charge is 0.507 e. The molecule has 2 aromatic rings. The monoisotopic (exact) mass is 448 g/mol. The molecular weight excluding hydrogens is 404 g/mol. The van der Waals surface area contributed by atoms with Crippen molar-refractivity contribution in [3.8, 4) is 11.5 Å². The maximum Gasteiger partial charge on any atom is 0.122 e. The molecular formula is C31H44O2. The van der Waals surface area contributed by atoms with Gasteiger partial charge in [0.05, 0.1) is 0 Å². The minimum Gasteiger partial charge on any atom is -0.507 e. The van der Waals surface area contributed by atoms with Crippen LogP contribution in [0.1, 0.15) is 149 Å². The van der Waals surface area contributed by atoms with Gasteiger partial charge in [0, 0.05) is 6.42 Å². The van der Waals surface area contributed by atoms with E-state index in [4.69, 9.17) is 0 Å². The lowest BCUT2D eigenvalue weighted by Gasteiger charge is -2.27. The Morgan fingerprint density at radius 1 is 0.606 bits per heavy atom. The summed E-state index contributed by atoms with van der Waals surface area (Å²) in [6.07, 6.45) is 13.0. The molecule has 2 nitrogen and oxygen atoms in total. The smallest absolute Gasteiger partial charge is 0.122 e. The van der Waals surface area contributed by atoms with Crippen molar-refractivity contribution in [2.24, 2.45) is 0 Å². The van der Waals surface area contributed by atoms with E-state index < -0.39 is 0 Å². The van der Waals surface area contributed by atoms with Crippen molar-refractivity contribution in [2.45, 2.75) is 122 Å². The maximum absolute atomic E-state index is 11.4. The van der Waals surface area contributed by atoms with Gasteiger partial charge in [0.15, 0.2) is 0 Å². The fourth-order valence-electron chi connectivity index (χ4n) is 6.08. The van der Waals surface area contributed by atoms with Crippen molar-refractivity contribution in [1.29, 1.82) is 0 Å². The van der Waals surface area contributed by atoms with E-state index in [1.54, 1.807) is 0 Å². The molecule has 0 saturated heterocycles. The summed E-state index contributed by atoms with van der Waals surface area (Å²) < 4.78 is 0. The predicted molar refractivity (Wildman–Crippen MR) is 139 cm³/mol. The van der Waals surface area contributed by atoms with E-state index in [2.05, 4.69) is 52.0 Å². The van der Waals surface area contributed by atoms with Gasteiger partial charge in [-0.2, -0.15) is 0 Å². The zero-order chi connectivity index (χ0) is 23.5. The molecule has 0 heterocycles. The van der Waals surface area contributed by atoms with Gasteiger partial charge in [-0.1, -0.05) is 90.5 Å². The summed E-state index contributed by atoms with van der Waals surface area (Å²) in [6, 6.07) is 8.90. The van der Waals surface area contributed by atoms with Gasteiger partial charge in [-0.25, -0.2) is 0 Å². The van der Waals surface area contributed by atoms with E-state index in [1.165, 1.54) is 75.3 Å². The standard InChI is InChI=1S/C31H44O2/c1-20(2)24-15-26(30(32)28(18-24)22-11-7-5-8-12-22)17-27-16-25(21(3)4)19-29(31(27)33)23-13-9-6-10-14-23/h15-16,18-23,32-33H,5-14,17H2,1-4H3. The molecule has 2 aromatic carbocycles. The van der Waals surface area contributed by atoms with Crippen LogP contribution in [0.25, 0.3) is 0 Å². The van der Waals surface area contributed by atoms with Gasteiger partial charge < -0.3 is 10.2 Å². The average Bonchev–Trinajstić information content (AvgIpc) is 2.82. The summed E-state index contributed by atoms with van der Waals surface area (Å²) in [5.74, 6) is 2.70. The summed E-state index contributed by atoms with van der Waals surface area (Å²) in [5, 5.41) is 22.8. The Labute approximate surface area is 201 Å². The molecule has 2 heteroatoms. The first kappa shape index (κ1) is 24.2. The Kier molecular flexibility index (Phi) is 7.72. The molecule has 0 atom stereocenters. The van der Waals surface area contributed by atoms with Crippen LogP contribution in [0.3, 0.4) is 0 Å². The predicted octanol–water partition coefficient (Wildman–Crippen LogP) is 9.03. The summed E-state index contributed by atoms with van der Waals surface area (Å²) in [7, 11) is 0. The Morgan fingerprint density at radius 3 is 1.30 bits per heavy atom. The van der Waals surface area contributed by atoms with Crippen LogP contribution in [0.5, 0.6) is 11.5 Å². The molecule has 180 valence electrons. The van der Waals surface area contributed by atoms with Crippen molar-refractivity contribution in [1.82, 2.24) is 0 Å². The highest BCUT2D eigenvalue weighted by Gasteiger charge is 2.25. The van der Waals surface area contributed by atoms with Gasteiger partial charge in [-0.05, 0) is 82.7 Å². The van der Waals surface area contributed by atoms with Crippen molar-refractivity contribution >= 4 is 0 Å². The van der Waals surface area contributed by atoms with E-state index in [-0.39, 0.29) is 0 Å². The number of hydrogen-bond donors (Lipinski definition) is 2. The lowest BCUT2D eigenvalue weighted by atomic mass is 9.79. The third-order valence-electron chi connectivity index (χ3n) is 8.29. The second kappa shape index (κ2) is 10.5. The fraction of sp³-hybridized carbons (Fsp3) is 0.613. The first-order chi connectivity index (χ1) is 15.8. The Bertz CT molecular complexity index is 866. The van der Waals surface area contributed by atoms with E-state index in [0.717, 1.165) is 22.3 Å². The molecule has 0 spiro atoms. The Hall–Kier alpha value is -1.96. The number of rotatable bonds is 6. The zero-order valence-electron chi connectivity index (χ0n) is 21.3. The number of benzene rings is 2. The highest BCUT2D eigenvalue weighted by atomic mass is 16.3. The van der Waals surface area contributed by atoms with Crippen LogP contribution in [0.15, 0.2) is 24.3 Å². The van der Waals surface area contributed by atoms with E-state index in [9.17, 15) is 10.2 Å². The van der Waals surface area contributed by atoms with Gasteiger partial charge in [0.25, 0.3) is 0 Å². The zero-order valence-corrected chi connectivity index (χ0v) is 21.3. The van der Waals surface area contributed by atoms with Crippen LogP contribution in [-0.4, -0.2) is 10.2 Å². The summed E-state index contributed by atoms with van der Waals surface area (Å²) in [5.41, 5.74) is 6.84. The minimum absolute atomic E-state index is 0.417. The van der Waals surface area contributed by atoms with Crippen LogP contribution in [-0.2, 0) is 6.42 Å². The molecule has 0 unspecified atom stereocenters. The number of phenolic OH excluding ortho intramolecular Hbond substituents is 2. The lowest BCUT2D eigenvalue weighted by Crippen LogP contribution is -2.09. The van der Waals surface area contributed by atoms with E-state index >= 15 is 0 Å². The molecule has 0 bridgehead atoms. The number of aromatic hydroxyl groups is 2. The Balaban J connectivity index is 1.76. The maximum atomic E-state index is 11.4. The molecule has 2 saturated carbocycles. The minimum atomic E-state index is 0.417. The van der Waals surface area contributed by atoms with Crippen molar-refractivity contribution in [3.05, 3.63) is 57.6 Å². The lowest BCUT2D eigenvalue weighted by molar-refractivity contribution is 0.408. The second-order valence-electron chi connectivity index (χ2n) is 11.4. The third-order valence-corrected chi connectivity index (χ3v) is 8.29. The average molecular weight is 449 g/mol. The van der Waals surface area contributed by atoms with Crippen LogP contribution >= 0.6 is 0 Å². The van der Waals surface area contributed by atoms with Crippen molar-refractivity contribution < 1.29 is 10.2 Å². The Morgan fingerprint density at radius 2 is 0.970 bits per heavy atom. The van der Waals surface area contributed by atoms with Crippen molar-refractivity contribution in [3.63, 3.8) is 0 Å². The topological polar surface area (TPSA) is 40.5 Å². The highest BCUT2D eigenvalue weighted by molar-refractivity contribution is 5.53. The van der Waals surface area contributed by atoms with Gasteiger partial charge in [0.2, 0.25) is 0 Å². The molecule has 33 heavy (non-hydrogen) atoms. The van der Waals surface area contributed by atoms with Gasteiger partial charge in [-0.3, -0.25) is 0 Å². The molecule has 2 fully saturated rings. The molecule has 4 rings (SSSR count). The fourth-order valence-corrected chi connectivity index (χ4v) is 6.08. The SMILES string of the molecule is CC(C)c1cc(Cc2cc(C(C)C)cc(C3CCCCC3)c2O)c(O)c(C2CCCCC2)c1. The molecule has 0 aliphatic heterocycles. The summed E-state index contributed by atoms with van der Waals surface area (Å²) in [6.45, 7) is 8.94. The third kappa shape index (κ3) is 5.42. The normalized spacial score (nSPS) is 18.4. The van der Waals surface area contributed by atoms with Gasteiger partial charge in [0.1, 0.15) is 11.5 Å². The molecule has 0 radical (unpaired) electrons. The molecule has 2 aliphatic rings. The van der Waals surface area contributed by atoms with Crippen LogP contribution in [0, 0.1) is 0 Å². The van der Waals surface area contributed by atoms with Crippen LogP contribution in [0.4, 0.5) is 0 Å². The summed E-state index contributed by atoms with van der Waals surface area (Å²) in [4.78, 5) is 0. The quantitative estimate of drug-likeness (QED) is 0.463. The molecule has 2 aliphatic carbocycles. The molecule has 0 amide bonds. The van der Waals surface area contributed by atoms with Crippen LogP contribution in [0.2, 0.25) is 0 Å². The number of phenols is 2. The first-order valence-corrected chi connectivity index (χ1v) is 13.6. The highest BCUT2D eigenvalue weighted by Crippen LogP contribution is 2.44. The second-order valence-corrected chi connectivity index (χ2v) is 11.4. The van der Waals surface area contributed by atoms with Crippen molar-refractivity contribution in [2.75, 3.05) is 0 Å². The molecule has 2 N–H and O–H groups in total. The summed E-state index contributed by atoms with van der Waals surface area (Å²) >= 11 is 0.